The molecule has 136 valence electrons. The van der Waals surface area contributed by atoms with E-state index in [2.05, 4.69) is 4.72 Å². The summed E-state index contributed by atoms with van der Waals surface area (Å²) in [5, 5.41) is 0. The highest BCUT2D eigenvalue weighted by Crippen LogP contribution is 2.23. The van der Waals surface area contributed by atoms with Crippen molar-refractivity contribution in [1.82, 2.24) is 9.03 Å². The van der Waals surface area contributed by atoms with E-state index in [0.29, 0.717) is 37.4 Å². The second kappa shape index (κ2) is 7.11. The van der Waals surface area contributed by atoms with Gasteiger partial charge in [0.1, 0.15) is 0 Å². The Morgan fingerprint density at radius 2 is 1.54 bits per heavy atom. The Kier molecular flexibility index (Phi) is 5.74. The first kappa shape index (κ1) is 19.4. The largest absolute Gasteiger partial charge is 0.241 e. The predicted molar refractivity (Wildman–Crippen MR) is 95.0 cm³/mol. The minimum atomic E-state index is -3.56. The number of rotatable bonds is 5. The van der Waals surface area contributed by atoms with E-state index >= 15 is 0 Å². The Bertz CT molecular complexity index is 785. The van der Waals surface area contributed by atoms with Crippen LogP contribution in [0.5, 0.6) is 0 Å². The van der Waals surface area contributed by atoms with Gasteiger partial charge in [-0.15, -0.1) is 0 Å². The summed E-state index contributed by atoms with van der Waals surface area (Å²) in [5.74, 6) is 0.156. The van der Waals surface area contributed by atoms with Crippen LogP contribution in [-0.4, -0.2) is 47.0 Å². The fourth-order valence-corrected chi connectivity index (χ4v) is 5.77. The van der Waals surface area contributed by atoms with Gasteiger partial charge in [-0.1, -0.05) is 17.7 Å². The smallest absolute Gasteiger partial charge is 0.213 e. The second-order valence-electron chi connectivity index (χ2n) is 6.69. The molecule has 1 aliphatic heterocycles. The summed E-state index contributed by atoms with van der Waals surface area (Å²) in [6.07, 6.45) is 2.54. The molecule has 0 amide bonds. The summed E-state index contributed by atoms with van der Waals surface area (Å²) >= 11 is 0. The molecule has 1 saturated heterocycles. The van der Waals surface area contributed by atoms with Gasteiger partial charge in [0.15, 0.2) is 0 Å². The Morgan fingerprint density at radius 1 is 1.04 bits per heavy atom. The third-order valence-corrected chi connectivity index (χ3v) is 7.51. The van der Waals surface area contributed by atoms with Gasteiger partial charge in [0.25, 0.3) is 0 Å². The van der Waals surface area contributed by atoms with Crippen LogP contribution in [0, 0.1) is 26.7 Å². The number of benzene rings is 1. The van der Waals surface area contributed by atoms with Gasteiger partial charge in [0.05, 0.1) is 11.2 Å². The minimum absolute atomic E-state index is 0.156. The summed E-state index contributed by atoms with van der Waals surface area (Å²) in [5.41, 5.74) is 2.52. The van der Waals surface area contributed by atoms with Gasteiger partial charge in [-0.25, -0.2) is 25.9 Å². The molecule has 1 heterocycles. The van der Waals surface area contributed by atoms with Crippen molar-refractivity contribution in [3.05, 3.63) is 28.8 Å². The van der Waals surface area contributed by atoms with Gasteiger partial charge in [-0.2, -0.15) is 0 Å². The molecule has 6 nitrogen and oxygen atoms in total. The van der Waals surface area contributed by atoms with Crippen molar-refractivity contribution in [2.45, 2.75) is 38.5 Å². The Labute approximate surface area is 145 Å². The molecular weight excluding hydrogens is 348 g/mol. The zero-order chi connectivity index (χ0) is 18.1. The Balaban J connectivity index is 2.02. The molecule has 0 atom stereocenters. The van der Waals surface area contributed by atoms with Crippen LogP contribution in [0.15, 0.2) is 17.0 Å². The monoisotopic (exact) mass is 374 g/mol. The summed E-state index contributed by atoms with van der Waals surface area (Å²) in [7, 11) is -6.72. The maximum Gasteiger partial charge on any atom is 0.241 e. The molecule has 0 unspecified atom stereocenters. The molecule has 24 heavy (non-hydrogen) atoms. The van der Waals surface area contributed by atoms with E-state index in [-0.39, 0.29) is 5.92 Å². The highest BCUT2D eigenvalue weighted by Gasteiger charge is 2.27. The second-order valence-corrected chi connectivity index (χ2v) is 10.4. The standard InChI is InChI=1S/C16H26N2O4S2/c1-12-9-13(2)16(14(3)10-12)24(21,22)17-11-15-5-7-18(8-6-15)23(4,19)20/h9-10,15,17H,5-8,11H2,1-4H3. The zero-order valence-corrected chi connectivity index (χ0v) is 16.3. The normalized spacial score (nSPS) is 18.0. The SMILES string of the molecule is Cc1cc(C)c(S(=O)(=O)NCC2CCN(S(C)(=O)=O)CC2)c(C)c1. The number of hydrogen-bond acceptors (Lipinski definition) is 4. The summed E-state index contributed by atoms with van der Waals surface area (Å²) in [4.78, 5) is 0.349. The van der Waals surface area contributed by atoms with E-state index in [1.807, 2.05) is 19.1 Å². The van der Waals surface area contributed by atoms with Crippen LogP contribution in [0.1, 0.15) is 29.5 Å². The number of nitrogens with one attached hydrogen (secondary N) is 1. The van der Waals surface area contributed by atoms with Crippen LogP contribution in [0.2, 0.25) is 0 Å². The lowest BCUT2D eigenvalue weighted by Crippen LogP contribution is -2.41. The molecule has 1 aliphatic rings. The molecule has 0 spiro atoms. The van der Waals surface area contributed by atoms with E-state index in [1.54, 1.807) is 13.8 Å². The Hall–Kier alpha value is -0.960. The molecule has 0 aliphatic carbocycles. The van der Waals surface area contributed by atoms with Crippen LogP contribution in [0.4, 0.5) is 0 Å². The highest BCUT2D eigenvalue weighted by atomic mass is 32.2. The number of sulfonamides is 2. The van der Waals surface area contributed by atoms with Crippen LogP contribution in [0.25, 0.3) is 0 Å². The zero-order valence-electron chi connectivity index (χ0n) is 14.7. The molecule has 0 aromatic heterocycles. The van der Waals surface area contributed by atoms with E-state index in [0.717, 1.165) is 16.7 Å². The molecule has 0 saturated carbocycles. The Morgan fingerprint density at radius 3 is 2.00 bits per heavy atom. The maximum atomic E-state index is 12.6. The summed E-state index contributed by atoms with van der Waals surface area (Å²) in [6, 6.07) is 3.73. The molecule has 1 aromatic rings. The van der Waals surface area contributed by atoms with E-state index in [1.165, 1.54) is 10.6 Å². The number of piperidine rings is 1. The van der Waals surface area contributed by atoms with E-state index in [9.17, 15) is 16.8 Å². The van der Waals surface area contributed by atoms with E-state index < -0.39 is 20.0 Å². The average Bonchev–Trinajstić information content (AvgIpc) is 2.43. The van der Waals surface area contributed by atoms with Gasteiger partial charge in [0, 0.05) is 19.6 Å². The fraction of sp³-hybridized carbons (Fsp3) is 0.625. The number of hydrogen-bond donors (Lipinski definition) is 1. The van der Waals surface area contributed by atoms with Crippen molar-refractivity contribution in [1.29, 1.82) is 0 Å². The van der Waals surface area contributed by atoms with E-state index in [4.69, 9.17) is 0 Å². The topological polar surface area (TPSA) is 83.6 Å². The first-order valence-corrected chi connectivity index (χ1v) is 11.4. The van der Waals surface area contributed by atoms with Crippen molar-refractivity contribution in [2.75, 3.05) is 25.9 Å². The lowest BCUT2D eigenvalue weighted by Gasteiger charge is -2.30. The lowest BCUT2D eigenvalue weighted by molar-refractivity contribution is 0.275. The van der Waals surface area contributed by atoms with Crippen molar-refractivity contribution < 1.29 is 16.8 Å². The minimum Gasteiger partial charge on any atom is -0.213 e. The molecule has 8 heteroatoms. The van der Waals surface area contributed by atoms with Gasteiger partial charge in [0.2, 0.25) is 20.0 Å². The average molecular weight is 375 g/mol. The first-order chi connectivity index (χ1) is 11.0. The van der Waals surface area contributed by atoms with Crippen LogP contribution >= 0.6 is 0 Å². The van der Waals surface area contributed by atoms with Gasteiger partial charge in [-0.3, -0.25) is 0 Å². The van der Waals surface area contributed by atoms with Crippen molar-refractivity contribution in [3.8, 4) is 0 Å². The van der Waals surface area contributed by atoms with Crippen LogP contribution in [-0.2, 0) is 20.0 Å². The first-order valence-electron chi connectivity index (χ1n) is 8.03. The highest BCUT2D eigenvalue weighted by molar-refractivity contribution is 7.89. The lowest BCUT2D eigenvalue weighted by atomic mass is 9.99. The third kappa shape index (κ3) is 4.56. The quantitative estimate of drug-likeness (QED) is 0.848. The number of aryl methyl sites for hydroxylation is 3. The van der Waals surface area contributed by atoms with Crippen LogP contribution < -0.4 is 4.72 Å². The van der Waals surface area contributed by atoms with Crippen molar-refractivity contribution >= 4 is 20.0 Å². The van der Waals surface area contributed by atoms with Crippen molar-refractivity contribution in [2.24, 2.45) is 5.92 Å². The molecule has 1 fully saturated rings. The molecule has 1 N–H and O–H groups in total. The van der Waals surface area contributed by atoms with Crippen LogP contribution in [0.3, 0.4) is 0 Å². The molecular formula is C16H26N2O4S2. The third-order valence-electron chi connectivity index (χ3n) is 4.48. The predicted octanol–water partition coefficient (Wildman–Crippen LogP) is 1.56. The van der Waals surface area contributed by atoms with Gasteiger partial charge in [-0.05, 0) is 50.7 Å². The summed E-state index contributed by atoms with van der Waals surface area (Å²) in [6.45, 7) is 6.80. The molecule has 0 bridgehead atoms. The molecule has 1 aromatic carbocycles. The maximum absolute atomic E-state index is 12.6. The fourth-order valence-electron chi connectivity index (χ4n) is 3.34. The van der Waals surface area contributed by atoms with Gasteiger partial charge >= 0.3 is 0 Å². The summed E-state index contributed by atoms with van der Waals surface area (Å²) < 4.78 is 52.4. The van der Waals surface area contributed by atoms with Crippen molar-refractivity contribution in [3.63, 3.8) is 0 Å². The molecule has 2 rings (SSSR count). The molecule has 0 radical (unpaired) electrons. The number of nitrogens with zero attached hydrogens (tertiary/aromatic N) is 1. The van der Waals surface area contributed by atoms with Gasteiger partial charge < -0.3 is 0 Å².